The van der Waals surface area contributed by atoms with Crippen molar-refractivity contribution in [2.75, 3.05) is 13.1 Å². The topological polar surface area (TPSA) is 29.5 Å². The van der Waals surface area contributed by atoms with Crippen LogP contribution in [0.15, 0.2) is 90.7 Å². The van der Waals surface area contributed by atoms with E-state index in [9.17, 15) is 4.79 Å². The first-order chi connectivity index (χ1) is 13.0. The molecule has 27 heavy (non-hydrogen) atoms. The predicted octanol–water partition coefficient (Wildman–Crippen LogP) is 5.34. The van der Waals surface area contributed by atoms with E-state index in [0.29, 0.717) is 11.1 Å². The molecule has 1 aliphatic heterocycles. The Morgan fingerprint density at radius 1 is 1.19 bits per heavy atom. The van der Waals surface area contributed by atoms with E-state index in [1.54, 1.807) is 6.08 Å². The quantitative estimate of drug-likeness (QED) is 0.283. The van der Waals surface area contributed by atoms with Gasteiger partial charge in [-0.1, -0.05) is 67.8 Å². The first kappa shape index (κ1) is 20.5. The highest BCUT2D eigenvalue weighted by molar-refractivity contribution is 5.93. The monoisotopic (exact) mass is 363 g/mol. The number of benzene rings is 1. The van der Waals surface area contributed by atoms with Crippen molar-refractivity contribution in [3.8, 4) is 0 Å². The van der Waals surface area contributed by atoms with Gasteiger partial charge in [-0.25, -0.2) is 4.79 Å². The first-order valence-corrected chi connectivity index (χ1v) is 9.34. The van der Waals surface area contributed by atoms with Crippen molar-refractivity contribution >= 4 is 5.97 Å². The molecule has 0 aliphatic carbocycles. The number of carbonyl (C=O) groups excluding carboxylic acids is 1. The Labute approximate surface area is 163 Å². The van der Waals surface area contributed by atoms with E-state index in [0.717, 1.165) is 43.6 Å². The summed E-state index contributed by atoms with van der Waals surface area (Å²) in [5, 5.41) is 0. The molecule has 0 unspecified atom stereocenters. The van der Waals surface area contributed by atoms with Gasteiger partial charge in [0.15, 0.2) is 0 Å². The summed E-state index contributed by atoms with van der Waals surface area (Å²) >= 11 is 0. The lowest BCUT2D eigenvalue weighted by Crippen LogP contribution is -2.22. The van der Waals surface area contributed by atoms with Gasteiger partial charge in [-0.15, -0.1) is 0 Å². The van der Waals surface area contributed by atoms with Crippen molar-refractivity contribution in [2.45, 2.75) is 32.8 Å². The van der Waals surface area contributed by atoms with Crippen LogP contribution in [0.5, 0.6) is 0 Å². The third kappa shape index (κ3) is 6.45. The van der Waals surface area contributed by atoms with Crippen LogP contribution in [0.2, 0.25) is 0 Å². The fourth-order valence-electron chi connectivity index (χ4n) is 2.94. The minimum absolute atomic E-state index is 0.232. The molecule has 0 radical (unpaired) electrons. The first-order valence-electron chi connectivity index (χ1n) is 9.34. The predicted molar refractivity (Wildman–Crippen MR) is 112 cm³/mol. The van der Waals surface area contributed by atoms with Crippen LogP contribution in [0.1, 0.15) is 31.7 Å². The molecule has 1 aromatic carbocycles. The number of rotatable bonds is 7. The number of likely N-dealkylation sites (tertiary alicyclic amines) is 1. The normalized spacial score (nSPS) is 15.9. The highest BCUT2D eigenvalue weighted by Crippen LogP contribution is 2.19. The molecule has 1 aliphatic rings. The van der Waals surface area contributed by atoms with Crippen LogP contribution in [-0.2, 0) is 16.1 Å². The lowest BCUT2D eigenvalue weighted by atomic mass is 10.1. The highest BCUT2D eigenvalue weighted by Gasteiger charge is 2.13. The Hall–Kier alpha value is -2.81. The second-order valence-electron chi connectivity index (χ2n) is 6.77. The van der Waals surface area contributed by atoms with Crippen molar-refractivity contribution < 1.29 is 9.53 Å². The standard InChI is InChI=1S/C24H29NO2/c1-5-23(14-13-20(3)25-16-9-10-19(2)15-17-25)21(4)24(26)27-18-22-11-7-6-8-12-22/h5-8,11-14H,1-2,4,9-10,15-18H2,3H3/b20-13+,23-14+. The third-order valence-corrected chi connectivity index (χ3v) is 4.72. The molecular weight excluding hydrogens is 334 g/mol. The van der Waals surface area contributed by atoms with Gasteiger partial charge in [0.2, 0.25) is 0 Å². The van der Waals surface area contributed by atoms with Gasteiger partial charge in [0.1, 0.15) is 6.61 Å². The van der Waals surface area contributed by atoms with Crippen molar-refractivity contribution in [1.82, 2.24) is 4.90 Å². The van der Waals surface area contributed by atoms with E-state index in [4.69, 9.17) is 4.74 Å². The van der Waals surface area contributed by atoms with Gasteiger partial charge in [-0.3, -0.25) is 0 Å². The van der Waals surface area contributed by atoms with Crippen LogP contribution < -0.4 is 0 Å². The minimum atomic E-state index is -0.429. The number of hydrogen-bond acceptors (Lipinski definition) is 3. The van der Waals surface area contributed by atoms with Crippen molar-refractivity contribution in [2.24, 2.45) is 0 Å². The Bertz CT molecular complexity index is 756. The zero-order valence-corrected chi connectivity index (χ0v) is 16.2. The number of esters is 1. The number of ether oxygens (including phenoxy) is 1. The maximum absolute atomic E-state index is 12.3. The fourth-order valence-corrected chi connectivity index (χ4v) is 2.94. The van der Waals surface area contributed by atoms with Gasteiger partial charge in [0.25, 0.3) is 0 Å². The van der Waals surface area contributed by atoms with Crippen molar-refractivity contribution in [3.05, 3.63) is 96.3 Å². The average molecular weight is 364 g/mol. The van der Waals surface area contributed by atoms with Crippen LogP contribution in [0.3, 0.4) is 0 Å². The Morgan fingerprint density at radius 2 is 1.93 bits per heavy atom. The lowest BCUT2D eigenvalue weighted by molar-refractivity contribution is -0.139. The summed E-state index contributed by atoms with van der Waals surface area (Å²) in [6.07, 6.45) is 8.79. The number of hydrogen-bond donors (Lipinski definition) is 0. The second kappa shape index (κ2) is 10.4. The molecule has 142 valence electrons. The largest absolute Gasteiger partial charge is 0.457 e. The molecule has 0 atom stereocenters. The zero-order chi connectivity index (χ0) is 19.6. The fraction of sp³-hybridized carbons (Fsp3) is 0.292. The molecule has 0 bridgehead atoms. The molecule has 3 heteroatoms. The minimum Gasteiger partial charge on any atom is -0.457 e. The Balaban J connectivity index is 1.98. The Morgan fingerprint density at radius 3 is 2.63 bits per heavy atom. The number of nitrogens with zero attached hydrogens (tertiary/aromatic N) is 1. The summed E-state index contributed by atoms with van der Waals surface area (Å²) < 4.78 is 5.36. The molecular formula is C24H29NO2. The molecule has 0 spiro atoms. The Kier molecular flexibility index (Phi) is 7.87. The van der Waals surface area contributed by atoms with E-state index >= 15 is 0 Å². The zero-order valence-electron chi connectivity index (χ0n) is 16.2. The molecule has 0 N–H and O–H groups in total. The molecule has 0 aromatic heterocycles. The van der Waals surface area contributed by atoms with Gasteiger partial charge in [-0.2, -0.15) is 0 Å². The summed E-state index contributed by atoms with van der Waals surface area (Å²) in [6.45, 7) is 16.1. The van der Waals surface area contributed by atoms with Gasteiger partial charge >= 0.3 is 5.97 Å². The lowest BCUT2D eigenvalue weighted by Gasteiger charge is -2.22. The van der Waals surface area contributed by atoms with E-state index in [1.807, 2.05) is 42.5 Å². The van der Waals surface area contributed by atoms with Crippen LogP contribution in [0.4, 0.5) is 0 Å². The third-order valence-electron chi connectivity index (χ3n) is 4.72. The maximum atomic E-state index is 12.3. The van der Waals surface area contributed by atoms with Crippen molar-refractivity contribution in [3.63, 3.8) is 0 Å². The molecule has 3 nitrogen and oxygen atoms in total. The van der Waals surface area contributed by atoms with E-state index in [2.05, 4.69) is 31.6 Å². The number of allylic oxidation sites excluding steroid dienone is 4. The molecule has 1 aromatic rings. The van der Waals surface area contributed by atoms with Crippen LogP contribution in [0.25, 0.3) is 0 Å². The summed E-state index contributed by atoms with van der Waals surface area (Å²) in [4.78, 5) is 14.6. The average Bonchev–Trinajstić information content (AvgIpc) is 2.91. The van der Waals surface area contributed by atoms with Crippen LogP contribution in [0, 0.1) is 0 Å². The number of carbonyl (C=O) groups is 1. The van der Waals surface area contributed by atoms with Crippen LogP contribution in [-0.4, -0.2) is 24.0 Å². The summed E-state index contributed by atoms with van der Waals surface area (Å²) in [5.41, 5.74) is 4.42. The van der Waals surface area contributed by atoms with E-state index in [-0.39, 0.29) is 6.61 Å². The molecule has 1 heterocycles. The van der Waals surface area contributed by atoms with E-state index in [1.165, 1.54) is 5.57 Å². The molecule has 1 fully saturated rings. The van der Waals surface area contributed by atoms with Gasteiger partial charge < -0.3 is 9.64 Å². The van der Waals surface area contributed by atoms with Gasteiger partial charge in [-0.05, 0) is 43.4 Å². The van der Waals surface area contributed by atoms with E-state index < -0.39 is 5.97 Å². The summed E-state index contributed by atoms with van der Waals surface area (Å²) in [6, 6.07) is 9.60. The summed E-state index contributed by atoms with van der Waals surface area (Å²) in [5.74, 6) is -0.429. The van der Waals surface area contributed by atoms with Crippen molar-refractivity contribution in [1.29, 1.82) is 0 Å². The highest BCUT2D eigenvalue weighted by atomic mass is 16.5. The molecule has 0 saturated carbocycles. The smallest absolute Gasteiger partial charge is 0.338 e. The summed E-state index contributed by atoms with van der Waals surface area (Å²) in [7, 11) is 0. The van der Waals surface area contributed by atoms with Gasteiger partial charge in [0, 0.05) is 18.8 Å². The molecule has 0 amide bonds. The second-order valence-corrected chi connectivity index (χ2v) is 6.77. The molecule has 1 saturated heterocycles. The maximum Gasteiger partial charge on any atom is 0.338 e. The van der Waals surface area contributed by atoms with Gasteiger partial charge in [0.05, 0.1) is 5.57 Å². The van der Waals surface area contributed by atoms with Crippen LogP contribution >= 0.6 is 0 Å². The molecule has 2 rings (SSSR count). The SMILES string of the molecule is C=C/C(=C\C=C(/C)N1CCCC(=C)CC1)C(=C)C(=O)OCc1ccccc1.